The highest BCUT2D eigenvalue weighted by Crippen LogP contribution is 2.16. The standard InChI is InChI=1S/C17H18N4O/c1-13(20-17(22)10-21-12-18-11-19-21)8-14-6-7-15-4-2-3-5-16(15)9-14/h2-7,9,11-13H,8,10H2,1H3,(H,20,22)/t13-/m0/s1. The third kappa shape index (κ3) is 3.49. The highest BCUT2D eigenvalue weighted by molar-refractivity contribution is 5.83. The van der Waals surface area contributed by atoms with Crippen LogP contribution in [0.1, 0.15) is 12.5 Å². The second-order valence-electron chi connectivity index (χ2n) is 5.45. The molecule has 0 fully saturated rings. The zero-order valence-corrected chi connectivity index (χ0v) is 12.4. The van der Waals surface area contributed by atoms with Gasteiger partial charge in [-0.1, -0.05) is 42.5 Å². The minimum Gasteiger partial charge on any atom is -0.352 e. The summed E-state index contributed by atoms with van der Waals surface area (Å²) in [6.45, 7) is 2.20. The van der Waals surface area contributed by atoms with Crippen LogP contribution in [0.4, 0.5) is 0 Å². The molecule has 0 aliphatic heterocycles. The summed E-state index contributed by atoms with van der Waals surface area (Å²) in [6, 6.07) is 14.8. The molecule has 0 bridgehead atoms. The second kappa shape index (κ2) is 6.39. The predicted octanol–water partition coefficient (Wildman–Crippen LogP) is 2.18. The molecule has 0 saturated carbocycles. The Morgan fingerprint density at radius 2 is 2.05 bits per heavy atom. The number of benzene rings is 2. The molecule has 1 amide bonds. The highest BCUT2D eigenvalue weighted by atomic mass is 16.2. The zero-order chi connectivity index (χ0) is 15.4. The topological polar surface area (TPSA) is 59.8 Å². The van der Waals surface area contributed by atoms with Crippen LogP contribution in [0, 0.1) is 0 Å². The molecule has 1 heterocycles. The Morgan fingerprint density at radius 3 is 2.82 bits per heavy atom. The largest absolute Gasteiger partial charge is 0.352 e. The fourth-order valence-electron chi connectivity index (χ4n) is 2.55. The number of fused-ring (bicyclic) bond motifs is 1. The van der Waals surface area contributed by atoms with Crippen LogP contribution >= 0.6 is 0 Å². The summed E-state index contributed by atoms with van der Waals surface area (Å²) >= 11 is 0. The molecule has 1 N–H and O–H groups in total. The number of hydrogen-bond donors (Lipinski definition) is 1. The minimum absolute atomic E-state index is 0.0567. The van der Waals surface area contributed by atoms with E-state index in [4.69, 9.17) is 0 Å². The third-order valence-corrected chi connectivity index (χ3v) is 3.54. The summed E-state index contributed by atoms with van der Waals surface area (Å²) < 4.78 is 1.51. The van der Waals surface area contributed by atoms with E-state index in [-0.39, 0.29) is 18.5 Å². The van der Waals surface area contributed by atoms with Gasteiger partial charge in [0.1, 0.15) is 19.2 Å². The molecule has 0 aliphatic rings. The van der Waals surface area contributed by atoms with Gasteiger partial charge in [0.25, 0.3) is 0 Å². The lowest BCUT2D eigenvalue weighted by molar-refractivity contribution is -0.122. The first kappa shape index (κ1) is 14.3. The molecule has 3 aromatic rings. The van der Waals surface area contributed by atoms with Gasteiger partial charge in [-0.15, -0.1) is 0 Å². The first-order chi connectivity index (χ1) is 10.7. The van der Waals surface area contributed by atoms with Gasteiger partial charge in [-0.25, -0.2) is 9.67 Å². The lowest BCUT2D eigenvalue weighted by Crippen LogP contribution is -2.36. The maximum Gasteiger partial charge on any atom is 0.242 e. The maximum absolute atomic E-state index is 11.9. The van der Waals surface area contributed by atoms with Crippen molar-refractivity contribution < 1.29 is 4.79 Å². The summed E-state index contributed by atoms with van der Waals surface area (Å²) in [7, 11) is 0. The summed E-state index contributed by atoms with van der Waals surface area (Å²) in [4.78, 5) is 15.7. The van der Waals surface area contributed by atoms with E-state index in [1.807, 2.05) is 19.1 Å². The molecule has 0 unspecified atom stereocenters. The molecule has 0 spiro atoms. The number of hydrogen-bond acceptors (Lipinski definition) is 3. The number of carbonyl (C=O) groups excluding carboxylic acids is 1. The average molecular weight is 294 g/mol. The highest BCUT2D eigenvalue weighted by Gasteiger charge is 2.09. The number of carbonyl (C=O) groups is 1. The van der Waals surface area contributed by atoms with Gasteiger partial charge in [-0.05, 0) is 29.7 Å². The lowest BCUT2D eigenvalue weighted by atomic mass is 10.0. The quantitative estimate of drug-likeness (QED) is 0.784. The minimum atomic E-state index is -0.0567. The summed E-state index contributed by atoms with van der Waals surface area (Å²) in [5.41, 5.74) is 1.22. The van der Waals surface area contributed by atoms with E-state index in [0.717, 1.165) is 6.42 Å². The fourth-order valence-corrected chi connectivity index (χ4v) is 2.55. The number of nitrogens with one attached hydrogen (secondary N) is 1. The Morgan fingerprint density at radius 1 is 1.23 bits per heavy atom. The zero-order valence-electron chi connectivity index (χ0n) is 12.4. The molecule has 112 valence electrons. The van der Waals surface area contributed by atoms with Crippen molar-refractivity contribution in [2.45, 2.75) is 25.9 Å². The van der Waals surface area contributed by atoms with Crippen molar-refractivity contribution in [1.82, 2.24) is 20.1 Å². The Labute approximate surface area is 129 Å². The van der Waals surface area contributed by atoms with Gasteiger partial charge in [0.05, 0.1) is 0 Å². The molecular formula is C17H18N4O. The SMILES string of the molecule is C[C@@H](Cc1ccc2ccccc2c1)NC(=O)Cn1cncn1. The van der Waals surface area contributed by atoms with Crippen LogP contribution in [0.15, 0.2) is 55.1 Å². The molecule has 2 aromatic carbocycles. The van der Waals surface area contributed by atoms with Crippen molar-refractivity contribution in [3.63, 3.8) is 0 Å². The Kier molecular flexibility index (Phi) is 4.14. The van der Waals surface area contributed by atoms with E-state index >= 15 is 0 Å². The Balaban J connectivity index is 1.60. The molecule has 1 atom stereocenters. The smallest absolute Gasteiger partial charge is 0.242 e. The predicted molar refractivity (Wildman–Crippen MR) is 85.3 cm³/mol. The van der Waals surface area contributed by atoms with E-state index in [0.29, 0.717) is 0 Å². The van der Waals surface area contributed by atoms with Crippen LogP contribution in [0.2, 0.25) is 0 Å². The van der Waals surface area contributed by atoms with Crippen molar-refractivity contribution in [3.8, 4) is 0 Å². The van der Waals surface area contributed by atoms with E-state index in [9.17, 15) is 4.79 Å². The van der Waals surface area contributed by atoms with Gasteiger partial charge in [0.2, 0.25) is 5.91 Å². The summed E-state index contributed by atoms with van der Waals surface area (Å²) in [6.07, 6.45) is 3.76. The number of aromatic nitrogens is 3. The number of nitrogens with zero attached hydrogens (tertiary/aromatic N) is 3. The third-order valence-electron chi connectivity index (χ3n) is 3.54. The van der Waals surface area contributed by atoms with Gasteiger partial charge in [-0.2, -0.15) is 5.10 Å². The van der Waals surface area contributed by atoms with Gasteiger partial charge in [0.15, 0.2) is 0 Å². The number of amides is 1. The number of rotatable bonds is 5. The van der Waals surface area contributed by atoms with Crippen molar-refractivity contribution in [1.29, 1.82) is 0 Å². The molecule has 0 radical (unpaired) electrons. The average Bonchev–Trinajstić information content (AvgIpc) is 2.99. The van der Waals surface area contributed by atoms with Crippen molar-refractivity contribution >= 4 is 16.7 Å². The fraction of sp³-hybridized carbons (Fsp3) is 0.235. The van der Waals surface area contributed by atoms with Gasteiger partial charge < -0.3 is 5.32 Å². The van der Waals surface area contributed by atoms with Crippen molar-refractivity contribution in [3.05, 3.63) is 60.7 Å². The van der Waals surface area contributed by atoms with Crippen LogP contribution in [0.3, 0.4) is 0 Å². The molecular weight excluding hydrogens is 276 g/mol. The van der Waals surface area contributed by atoms with Crippen LogP contribution < -0.4 is 5.32 Å². The van der Waals surface area contributed by atoms with Crippen LogP contribution in [-0.4, -0.2) is 26.7 Å². The van der Waals surface area contributed by atoms with E-state index in [1.165, 1.54) is 33.7 Å². The monoisotopic (exact) mass is 294 g/mol. The molecule has 3 rings (SSSR count). The molecule has 5 heteroatoms. The van der Waals surface area contributed by atoms with E-state index in [2.05, 4.69) is 45.7 Å². The van der Waals surface area contributed by atoms with Crippen LogP contribution in [0.5, 0.6) is 0 Å². The first-order valence-corrected chi connectivity index (χ1v) is 7.30. The Hall–Kier alpha value is -2.69. The lowest BCUT2D eigenvalue weighted by Gasteiger charge is -2.14. The molecule has 22 heavy (non-hydrogen) atoms. The molecule has 1 aromatic heterocycles. The first-order valence-electron chi connectivity index (χ1n) is 7.30. The normalized spacial score (nSPS) is 12.2. The van der Waals surface area contributed by atoms with Gasteiger partial charge >= 0.3 is 0 Å². The second-order valence-corrected chi connectivity index (χ2v) is 5.45. The van der Waals surface area contributed by atoms with Crippen LogP contribution in [-0.2, 0) is 17.8 Å². The van der Waals surface area contributed by atoms with E-state index < -0.39 is 0 Å². The molecule has 5 nitrogen and oxygen atoms in total. The molecule has 0 saturated heterocycles. The van der Waals surface area contributed by atoms with Crippen molar-refractivity contribution in [2.75, 3.05) is 0 Å². The maximum atomic E-state index is 11.9. The molecule has 0 aliphatic carbocycles. The summed E-state index contributed by atoms with van der Waals surface area (Å²) in [5, 5.41) is 9.37. The van der Waals surface area contributed by atoms with Gasteiger partial charge in [0, 0.05) is 6.04 Å². The Bertz CT molecular complexity index is 767. The van der Waals surface area contributed by atoms with Crippen LogP contribution in [0.25, 0.3) is 10.8 Å². The van der Waals surface area contributed by atoms with Gasteiger partial charge in [-0.3, -0.25) is 4.79 Å². The van der Waals surface area contributed by atoms with E-state index in [1.54, 1.807) is 0 Å². The summed E-state index contributed by atoms with van der Waals surface area (Å²) in [5.74, 6) is -0.0567. The van der Waals surface area contributed by atoms with Crippen molar-refractivity contribution in [2.24, 2.45) is 0 Å².